The number of allylic oxidation sites excluding steroid dienone is 1. The number of rotatable bonds is 2. The quantitative estimate of drug-likeness (QED) is 0.389. The SMILES string of the molecule is Br.C=CCc1c[c-]ccc1.[Br-].[Mg+2]. The summed E-state index contributed by atoms with van der Waals surface area (Å²) in [6.07, 6.45) is 2.83. The predicted octanol–water partition coefficient (Wildman–Crippen LogP) is -0.584. The van der Waals surface area contributed by atoms with Gasteiger partial charge in [0.1, 0.15) is 0 Å². The Labute approximate surface area is 111 Å². The van der Waals surface area contributed by atoms with Crippen molar-refractivity contribution in [2.75, 3.05) is 0 Å². The third kappa shape index (κ3) is 7.34. The normalized spacial score (nSPS) is 6.67. The molecule has 12 heavy (non-hydrogen) atoms. The molecule has 0 bridgehead atoms. The van der Waals surface area contributed by atoms with E-state index < -0.39 is 0 Å². The summed E-state index contributed by atoms with van der Waals surface area (Å²) in [6, 6.07) is 10.9. The molecular formula is C9H10Br2Mg. The first kappa shape index (κ1) is 18.5. The van der Waals surface area contributed by atoms with Gasteiger partial charge >= 0.3 is 23.1 Å². The summed E-state index contributed by atoms with van der Waals surface area (Å²) in [5, 5.41) is 0. The van der Waals surface area contributed by atoms with Crippen LogP contribution in [0.3, 0.4) is 0 Å². The van der Waals surface area contributed by atoms with E-state index in [-0.39, 0.29) is 57.0 Å². The molecule has 1 rings (SSSR count). The molecule has 1 aromatic rings. The second-order valence-corrected chi connectivity index (χ2v) is 1.90. The fourth-order valence-corrected chi connectivity index (χ4v) is 0.724. The van der Waals surface area contributed by atoms with Crippen LogP contribution in [0.15, 0.2) is 36.9 Å². The molecule has 0 atom stereocenters. The van der Waals surface area contributed by atoms with Gasteiger partial charge in [0.2, 0.25) is 0 Å². The van der Waals surface area contributed by atoms with Crippen molar-refractivity contribution in [2.45, 2.75) is 6.42 Å². The Balaban J connectivity index is -0.000000270. The van der Waals surface area contributed by atoms with Crippen LogP contribution in [-0.4, -0.2) is 23.1 Å². The van der Waals surface area contributed by atoms with E-state index in [9.17, 15) is 0 Å². The van der Waals surface area contributed by atoms with E-state index in [1.54, 1.807) is 0 Å². The third-order valence-corrected chi connectivity index (χ3v) is 1.15. The molecule has 0 saturated heterocycles. The van der Waals surface area contributed by atoms with Gasteiger partial charge in [0.25, 0.3) is 0 Å². The summed E-state index contributed by atoms with van der Waals surface area (Å²) in [5.74, 6) is 0. The van der Waals surface area contributed by atoms with Gasteiger partial charge in [-0.3, -0.25) is 0 Å². The molecule has 1 aromatic carbocycles. The van der Waals surface area contributed by atoms with E-state index in [2.05, 4.69) is 18.7 Å². The topological polar surface area (TPSA) is 0 Å². The molecule has 0 nitrogen and oxygen atoms in total. The van der Waals surface area contributed by atoms with Gasteiger partial charge in [0, 0.05) is 0 Å². The Hall–Kier alpha value is 0.686. The predicted molar refractivity (Wildman–Crippen MR) is 55.3 cm³/mol. The molecule has 0 aliphatic carbocycles. The van der Waals surface area contributed by atoms with Crippen LogP contribution in [-0.2, 0) is 6.42 Å². The van der Waals surface area contributed by atoms with Crippen molar-refractivity contribution in [3.8, 4) is 0 Å². The van der Waals surface area contributed by atoms with Crippen LogP contribution in [0.2, 0.25) is 0 Å². The van der Waals surface area contributed by atoms with Gasteiger partial charge in [0.05, 0.1) is 0 Å². The zero-order chi connectivity index (χ0) is 6.53. The smallest absolute Gasteiger partial charge is 1.00 e. The number of benzene rings is 1. The molecule has 0 amide bonds. The van der Waals surface area contributed by atoms with Gasteiger partial charge < -0.3 is 17.0 Å². The van der Waals surface area contributed by atoms with E-state index in [4.69, 9.17) is 0 Å². The minimum Gasteiger partial charge on any atom is -1.00 e. The van der Waals surface area contributed by atoms with Crippen LogP contribution in [0, 0.1) is 6.07 Å². The van der Waals surface area contributed by atoms with Gasteiger partial charge in [-0.25, -0.2) is 0 Å². The zero-order valence-corrected chi connectivity index (χ0v) is 11.5. The summed E-state index contributed by atoms with van der Waals surface area (Å²) in [7, 11) is 0. The molecule has 0 heterocycles. The molecule has 0 aliphatic heterocycles. The van der Waals surface area contributed by atoms with Crippen molar-refractivity contribution in [1.82, 2.24) is 0 Å². The Kier molecular flexibility index (Phi) is 18.0. The van der Waals surface area contributed by atoms with Gasteiger partial charge in [-0.05, 0) is 0 Å². The van der Waals surface area contributed by atoms with Crippen LogP contribution in [0.4, 0.5) is 0 Å². The van der Waals surface area contributed by atoms with Crippen molar-refractivity contribution >= 4 is 40.0 Å². The second kappa shape index (κ2) is 11.7. The van der Waals surface area contributed by atoms with Crippen LogP contribution < -0.4 is 17.0 Å². The fraction of sp³-hybridized carbons (Fsp3) is 0.111. The van der Waals surface area contributed by atoms with E-state index in [1.165, 1.54) is 5.56 Å². The average molecular weight is 302 g/mol. The molecule has 0 N–H and O–H groups in total. The van der Waals surface area contributed by atoms with Crippen LogP contribution in [0.5, 0.6) is 0 Å². The van der Waals surface area contributed by atoms with Crippen LogP contribution in [0.25, 0.3) is 0 Å². The van der Waals surface area contributed by atoms with Gasteiger partial charge in [-0.1, -0.05) is 12.5 Å². The molecular weight excluding hydrogens is 292 g/mol. The van der Waals surface area contributed by atoms with Gasteiger partial charge in [-0.2, -0.15) is 35.9 Å². The summed E-state index contributed by atoms with van der Waals surface area (Å²) < 4.78 is 0. The van der Waals surface area contributed by atoms with E-state index in [1.807, 2.05) is 24.3 Å². The molecule has 0 saturated carbocycles. The van der Waals surface area contributed by atoms with E-state index >= 15 is 0 Å². The molecule has 0 spiro atoms. The van der Waals surface area contributed by atoms with Crippen molar-refractivity contribution in [1.29, 1.82) is 0 Å². The number of hydrogen-bond acceptors (Lipinski definition) is 0. The number of halogens is 2. The van der Waals surface area contributed by atoms with Crippen molar-refractivity contribution in [2.24, 2.45) is 0 Å². The molecule has 0 unspecified atom stereocenters. The fourth-order valence-electron chi connectivity index (χ4n) is 0.724. The standard InChI is InChI=1S/C9H9.2BrH.Mg/c1-2-6-9-7-4-3-5-8-9;;;/h2-4,7-8H,1,6H2;2*1H;/q-1;;;+2/p-1. The maximum absolute atomic E-state index is 3.64. The second-order valence-electron chi connectivity index (χ2n) is 1.90. The third-order valence-electron chi connectivity index (χ3n) is 1.15. The minimum atomic E-state index is 0. The summed E-state index contributed by atoms with van der Waals surface area (Å²) in [6.45, 7) is 3.64. The molecule has 0 radical (unpaired) electrons. The molecule has 0 aromatic heterocycles. The van der Waals surface area contributed by atoms with Crippen molar-refractivity contribution < 1.29 is 17.0 Å². The zero-order valence-electron chi connectivity index (χ0n) is 6.79. The van der Waals surface area contributed by atoms with Crippen LogP contribution >= 0.6 is 17.0 Å². The monoisotopic (exact) mass is 300 g/mol. The Morgan fingerprint density at radius 1 is 1.50 bits per heavy atom. The molecule has 0 aliphatic rings. The Morgan fingerprint density at radius 3 is 2.58 bits per heavy atom. The van der Waals surface area contributed by atoms with Crippen LogP contribution in [0.1, 0.15) is 5.56 Å². The van der Waals surface area contributed by atoms with Crippen molar-refractivity contribution in [3.05, 3.63) is 48.6 Å². The largest absolute Gasteiger partial charge is 2.00 e. The minimum absolute atomic E-state index is 0. The first-order valence-electron chi connectivity index (χ1n) is 2.99. The first-order chi connectivity index (χ1) is 4.43. The van der Waals surface area contributed by atoms with Gasteiger partial charge in [-0.15, -0.1) is 23.6 Å². The van der Waals surface area contributed by atoms with Crippen molar-refractivity contribution in [3.63, 3.8) is 0 Å². The summed E-state index contributed by atoms with van der Waals surface area (Å²) in [4.78, 5) is 0. The van der Waals surface area contributed by atoms with E-state index in [0.717, 1.165) is 6.42 Å². The molecule has 62 valence electrons. The Morgan fingerprint density at radius 2 is 2.17 bits per heavy atom. The summed E-state index contributed by atoms with van der Waals surface area (Å²) in [5.41, 5.74) is 1.27. The maximum Gasteiger partial charge on any atom is 2.00 e. The maximum atomic E-state index is 3.64. The van der Waals surface area contributed by atoms with E-state index in [0.29, 0.717) is 0 Å². The van der Waals surface area contributed by atoms with Gasteiger partial charge in [0.15, 0.2) is 0 Å². The molecule has 3 heteroatoms. The molecule has 0 fully saturated rings. The summed E-state index contributed by atoms with van der Waals surface area (Å²) >= 11 is 0. The Bertz CT molecular complexity index is 187. The first-order valence-corrected chi connectivity index (χ1v) is 2.99. The number of hydrogen-bond donors (Lipinski definition) is 0. The average Bonchev–Trinajstić information content (AvgIpc) is 1.91.